The molecule has 0 aliphatic carbocycles. The smallest absolute Gasteiger partial charge is 0.336 e. The Balaban J connectivity index is 2.90. The molecular weight excluding hydrogens is 273 g/mol. The lowest BCUT2D eigenvalue weighted by molar-refractivity contribution is 0.0699. The average Bonchev–Trinajstić information content (AvgIpc) is 2.32. The highest BCUT2D eigenvalue weighted by Crippen LogP contribution is 2.32. The molecular formula is C13H11Cl2NO2. The molecule has 0 saturated carbocycles. The van der Waals surface area contributed by atoms with Crippen molar-refractivity contribution in [3.8, 4) is 0 Å². The number of fused-ring (bicyclic) bond motifs is 1. The highest BCUT2D eigenvalue weighted by atomic mass is 35.5. The van der Waals surface area contributed by atoms with E-state index in [9.17, 15) is 9.90 Å². The number of pyridine rings is 1. The van der Waals surface area contributed by atoms with Crippen molar-refractivity contribution in [2.45, 2.75) is 19.8 Å². The van der Waals surface area contributed by atoms with Crippen molar-refractivity contribution in [3.05, 3.63) is 39.5 Å². The molecule has 3 nitrogen and oxygen atoms in total. The van der Waals surface area contributed by atoms with Crippen molar-refractivity contribution in [1.82, 2.24) is 4.98 Å². The van der Waals surface area contributed by atoms with Crippen LogP contribution in [0.5, 0.6) is 0 Å². The number of carbonyl (C=O) groups is 1. The lowest BCUT2D eigenvalue weighted by atomic mass is 10.0. The van der Waals surface area contributed by atoms with Crippen molar-refractivity contribution in [2.24, 2.45) is 0 Å². The Bertz CT molecular complexity index is 638. The molecule has 2 rings (SSSR count). The molecule has 5 heteroatoms. The maximum atomic E-state index is 11.3. The molecule has 0 amide bonds. The predicted molar refractivity (Wildman–Crippen MR) is 72.8 cm³/mol. The van der Waals surface area contributed by atoms with Crippen LogP contribution in [-0.2, 0) is 0 Å². The molecule has 1 aromatic heterocycles. The highest BCUT2D eigenvalue weighted by molar-refractivity contribution is 6.45. The Labute approximate surface area is 114 Å². The number of carboxylic acid groups (broad SMARTS) is 1. The van der Waals surface area contributed by atoms with E-state index in [0.717, 1.165) is 0 Å². The van der Waals surface area contributed by atoms with E-state index >= 15 is 0 Å². The molecule has 94 valence electrons. The van der Waals surface area contributed by atoms with E-state index in [1.54, 1.807) is 18.2 Å². The summed E-state index contributed by atoms with van der Waals surface area (Å²) in [4.78, 5) is 15.7. The number of aromatic carboxylic acids is 1. The van der Waals surface area contributed by atoms with Gasteiger partial charge in [0.1, 0.15) is 0 Å². The van der Waals surface area contributed by atoms with E-state index in [1.807, 2.05) is 13.8 Å². The Kier molecular flexibility index (Phi) is 3.46. The first kappa shape index (κ1) is 13.1. The van der Waals surface area contributed by atoms with Crippen molar-refractivity contribution in [2.75, 3.05) is 0 Å². The summed E-state index contributed by atoms with van der Waals surface area (Å²) in [5.41, 5.74) is 1.32. The zero-order chi connectivity index (χ0) is 13.4. The van der Waals surface area contributed by atoms with E-state index in [1.165, 1.54) is 0 Å². The quantitative estimate of drug-likeness (QED) is 0.891. The highest BCUT2D eigenvalue weighted by Gasteiger charge is 2.16. The summed E-state index contributed by atoms with van der Waals surface area (Å²) >= 11 is 12.0. The van der Waals surface area contributed by atoms with Crippen LogP contribution in [0.4, 0.5) is 0 Å². The topological polar surface area (TPSA) is 50.2 Å². The Morgan fingerprint density at radius 1 is 1.33 bits per heavy atom. The van der Waals surface area contributed by atoms with Crippen molar-refractivity contribution >= 4 is 40.1 Å². The molecule has 18 heavy (non-hydrogen) atoms. The normalized spacial score (nSPS) is 11.2. The van der Waals surface area contributed by atoms with E-state index in [4.69, 9.17) is 23.2 Å². The number of carboxylic acids is 1. The molecule has 0 unspecified atom stereocenters. The van der Waals surface area contributed by atoms with Gasteiger partial charge in [-0.15, -0.1) is 0 Å². The molecule has 1 aromatic carbocycles. The van der Waals surface area contributed by atoms with Gasteiger partial charge in [0.15, 0.2) is 0 Å². The lowest BCUT2D eigenvalue weighted by Crippen LogP contribution is -2.03. The van der Waals surface area contributed by atoms with Crippen LogP contribution in [-0.4, -0.2) is 16.1 Å². The number of benzene rings is 1. The van der Waals surface area contributed by atoms with Gasteiger partial charge in [0.25, 0.3) is 0 Å². The summed E-state index contributed by atoms with van der Waals surface area (Å²) in [6, 6.07) is 4.79. The fourth-order valence-electron chi connectivity index (χ4n) is 1.73. The predicted octanol–water partition coefficient (Wildman–Crippen LogP) is 4.36. The van der Waals surface area contributed by atoms with E-state index in [-0.39, 0.29) is 11.5 Å². The molecule has 0 fully saturated rings. The summed E-state index contributed by atoms with van der Waals surface area (Å²) in [5, 5.41) is 10.4. The number of nitrogens with zero attached hydrogens (tertiary/aromatic N) is 1. The molecule has 0 aliphatic heterocycles. The van der Waals surface area contributed by atoms with Crippen LogP contribution >= 0.6 is 23.2 Å². The van der Waals surface area contributed by atoms with Gasteiger partial charge in [-0.25, -0.2) is 4.79 Å². The molecule has 1 N–H and O–H groups in total. The van der Waals surface area contributed by atoms with Crippen molar-refractivity contribution in [1.29, 1.82) is 0 Å². The SMILES string of the molecule is CC(C)c1cc(C(=O)O)c2ccc(Cl)c(Cl)c2n1. The fraction of sp³-hybridized carbons (Fsp3) is 0.231. The lowest BCUT2D eigenvalue weighted by Gasteiger charge is -2.10. The van der Waals surface area contributed by atoms with Crippen LogP contribution < -0.4 is 0 Å². The third-order valence-corrected chi connectivity index (χ3v) is 3.51. The fourth-order valence-corrected chi connectivity index (χ4v) is 2.09. The van der Waals surface area contributed by atoms with Crippen LogP contribution in [0.3, 0.4) is 0 Å². The van der Waals surface area contributed by atoms with E-state index in [2.05, 4.69) is 4.98 Å². The number of rotatable bonds is 2. The van der Waals surface area contributed by atoms with Gasteiger partial charge >= 0.3 is 5.97 Å². The van der Waals surface area contributed by atoms with Crippen LogP contribution in [0.25, 0.3) is 10.9 Å². The van der Waals surface area contributed by atoms with Gasteiger partial charge in [-0.05, 0) is 18.1 Å². The Morgan fingerprint density at radius 2 is 2.00 bits per heavy atom. The van der Waals surface area contributed by atoms with Gasteiger partial charge in [-0.2, -0.15) is 0 Å². The molecule has 1 heterocycles. The third kappa shape index (κ3) is 2.16. The second-order valence-electron chi connectivity index (χ2n) is 4.31. The van der Waals surface area contributed by atoms with E-state index in [0.29, 0.717) is 26.6 Å². The van der Waals surface area contributed by atoms with Crippen molar-refractivity contribution in [3.63, 3.8) is 0 Å². The van der Waals surface area contributed by atoms with Gasteiger partial charge in [0.05, 0.1) is 21.1 Å². The molecule has 0 bridgehead atoms. The second kappa shape index (κ2) is 4.75. The molecule has 0 radical (unpaired) electrons. The van der Waals surface area contributed by atoms with Crippen LogP contribution in [0, 0.1) is 0 Å². The molecule has 2 aromatic rings. The minimum atomic E-state index is -0.998. The van der Waals surface area contributed by atoms with Gasteiger partial charge in [0, 0.05) is 11.1 Å². The third-order valence-electron chi connectivity index (χ3n) is 2.71. The maximum Gasteiger partial charge on any atom is 0.336 e. The number of hydrogen-bond acceptors (Lipinski definition) is 2. The summed E-state index contributed by atoms with van der Waals surface area (Å²) in [6.07, 6.45) is 0. The first-order valence-electron chi connectivity index (χ1n) is 5.43. The van der Waals surface area contributed by atoms with Crippen LogP contribution in [0.15, 0.2) is 18.2 Å². The first-order chi connectivity index (χ1) is 8.41. The molecule has 0 spiro atoms. The van der Waals surface area contributed by atoms with Crippen LogP contribution in [0.1, 0.15) is 35.8 Å². The van der Waals surface area contributed by atoms with E-state index < -0.39 is 5.97 Å². The summed E-state index contributed by atoms with van der Waals surface area (Å²) in [5.74, 6) is -0.884. The van der Waals surface area contributed by atoms with Crippen molar-refractivity contribution < 1.29 is 9.90 Å². The minimum Gasteiger partial charge on any atom is -0.478 e. The summed E-state index contributed by atoms with van der Waals surface area (Å²) < 4.78 is 0. The van der Waals surface area contributed by atoms with Gasteiger partial charge < -0.3 is 5.11 Å². The number of aromatic nitrogens is 1. The van der Waals surface area contributed by atoms with Gasteiger partial charge in [-0.1, -0.05) is 43.1 Å². The number of hydrogen-bond donors (Lipinski definition) is 1. The van der Waals surface area contributed by atoms with Crippen LogP contribution in [0.2, 0.25) is 10.0 Å². The van der Waals surface area contributed by atoms with Gasteiger partial charge in [0.2, 0.25) is 0 Å². The summed E-state index contributed by atoms with van der Waals surface area (Å²) in [7, 11) is 0. The molecule has 0 saturated heterocycles. The molecule has 0 atom stereocenters. The maximum absolute atomic E-state index is 11.3. The second-order valence-corrected chi connectivity index (χ2v) is 5.10. The minimum absolute atomic E-state index is 0.113. The Hall–Kier alpha value is -1.32. The zero-order valence-corrected chi connectivity index (χ0v) is 11.4. The standard InChI is InChI=1S/C13H11Cl2NO2/c1-6(2)10-5-8(13(17)18)7-3-4-9(14)11(15)12(7)16-10/h3-6H,1-2H3,(H,17,18). The monoisotopic (exact) mass is 283 g/mol. The number of halogens is 2. The largest absolute Gasteiger partial charge is 0.478 e. The van der Waals surface area contributed by atoms with Gasteiger partial charge in [-0.3, -0.25) is 4.98 Å². The first-order valence-corrected chi connectivity index (χ1v) is 6.19. The average molecular weight is 284 g/mol. The zero-order valence-electron chi connectivity index (χ0n) is 9.87. The Morgan fingerprint density at radius 3 is 2.56 bits per heavy atom. The molecule has 0 aliphatic rings. The summed E-state index contributed by atoms with van der Waals surface area (Å²) in [6.45, 7) is 3.89.